The van der Waals surface area contributed by atoms with Gasteiger partial charge in [-0.05, 0) is 48.7 Å². The van der Waals surface area contributed by atoms with Crippen molar-refractivity contribution < 1.29 is 0 Å². The van der Waals surface area contributed by atoms with Crippen molar-refractivity contribution >= 4 is 16.6 Å². The molecule has 0 bridgehead atoms. The summed E-state index contributed by atoms with van der Waals surface area (Å²) in [5, 5.41) is 1.37. The van der Waals surface area contributed by atoms with Gasteiger partial charge in [-0.2, -0.15) is 0 Å². The van der Waals surface area contributed by atoms with Gasteiger partial charge in [0.1, 0.15) is 0 Å². The number of hydrogen-bond donors (Lipinski definition) is 0. The van der Waals surface area contributed by atoms with Gasteiger partial charge in [-0.15, -0.1) is 0 Å². The Hall–Kier alpha value is -2.22. The number of rotatable bonds is 3. The molecule has 2 nitrogen and oxygen atoms in total. The van der Waals surface area contributed by atoms with Crippen molar-refractivity contribution in [2.24, 2.45) is 7.05 Å². The molecule has 3 rings (SSSR count). The molecule has 0 aliphatic rings. The average Bonchev–Trinajstić information content (AvgIpc) is 2.75. The summed E-state index contributed by atoms with van der Waals surface area (Å²) in [6.45, 7) is 2.15. The van der Waals surface area contributed by atoms with Crippen LogP contribution in [0.5, 0.6) is 0 Å². The molecule has 0 fully saturated rings. The fourth-order valence-corrected chi connectivity index (χ4v) is 2.86. The minimum atomic E-state index is 0.981. The second-order valence-corrected chi connectivity index (χ2v) is 6.02. The zero-order chi connectivity index (χ0) is 15.0. The van der Waals surface area contributed by atoms with Crippen LogP contribution in [-0.2, 0) is 13.5 Å². The summed E-state index contributed by atoms with van der Waals surface area (Å²) >= 11 is 0. The normalized spacial score (nSPS) is 11.0. The van der Waals surface area contributed by atoms with E-state index in [2.05, 4.69) is 86.2 Å². The lowest BCUT2D eigenvalue weighted by atomic mass is 10.0. The molecular weight excluding hydrogens is 256 g/mol. The molecule has 0 unspecified atom stereocenters. The lowest BCUT2D eigenvalue weighted by Gasteiger charge is -2.12. The molecule has 0 saturated heterocycles. The Morgan fingerprint density at radius 1 is 1.00 bits per heavy atom. The van der Waals surface area contributed by atoms with Crippen LogP contribution in [0.25, 0.3) is 10.9 Å². The van der Waals surface area contributed by atoms with E-state index < -0.39 is 0 Å². The molecular formula is C19H22N2. The second-order valence-electron chi connectivity index (χ2n) is 6.02. The molecule has 3 aromatic rings. The Morgan fingerprint density at radius 2 is 1.71 bits per heavy atom. The number of fused-ring (bicyclic) bond motifs is 1. The molecule has 1 heterocycles. The van der Waals surface area contributed by atoms with E-state index in [0.717, 1.165) is 6.42 Å². The van der Waals surface area contributed by atoms with Crippen molar-refractivity contribution in [3.63, 3.8) is 0 Å². The van der Waals surface area contributed by atoms with Gasteiger partial charge in [-0.3, -0.25) is 0 Å². The molecule has 0 saturated carbocycles. The minimum Gasteiger partial charge on any atom is -0.378 e. The molecule has 0 N–H and O–H groups in total. The molecule has 2 heteroatoms. The van der Waals surface area contributed by atoms with E-state index in [9.17, 15) is 0 Å². The van der Waals surface area contributed by atoms with Gasteiger partial charge < -0.3 is 9.47 Å². The Labute approximate surface area is 126 Å². The first-order valence-corrected chi connectivity index (χ1v) is 7.35. The SMILES string of the molecule is Cc1ccc2c(c1)c(Cc1ccc(N(C)C)cc1)cn2C. The van der Waals surface area contributed by atoms with Crippen LogP contribution in [-0.4, -0.2) is 18.7 Å². The minimum absolute atomic E-state index is 0.981. The van der Waals surface area contributed by atoms with Crippen LogP contribution in [0, 0.1) is 6.92 Å². The Kier molecular flexibility index (Phi) is 3.46. The second kappa shape index (κ2) is 5.28. The van der Waals surface area contributed by atoms with Crippen molar-refractivity contribution in [2.75, 3.05) is 19.0 Å². The number of aryl methyl sites for hydroxylation is 2. The maximum atomic E-state index is 2.29. The van der Waals surface area contributed by atoms with Gasteiger partial charge in [0.05, 0.1) is 0 Å². The predicted octanol–water partition coefficient (Wildman–Crippen LogP) is 4.14. The molecule has 0 amide bonds. The highest BCUT2D eigenvalue weighted by molar-refractivity contribution is 5.85. The van der Waals surface area contributed by atoms with Gasteiger partial charge >= 0.3 is 0 Å². The molecule has 2 aromatic carbocycles. The number of nitrogens with zero attached hydrogens (tertiary/aromatic N) is 2. The first kappa shape index (κ1) is 13.7. The molecule has 0 atom stereocenters. The molecule has 21 heavy (non-hydrogen) atoms. The molecule has 108 valence electrons. The molecule has 1 aromatic heterocycles. The predicted molar refractivity (Wildman–Crippen MR) is 91.2 cm³/mol. The maximum Gasteiger partial charge on any atom is 0.0480 e. The molecule has 0 aliphatic heterocycles. The van der Waals surface area contributed by atoms with Crippen molar-refractivity contribution in [3.05, 3.63) is 65.4 Å². The average molecular weight is 278 g/mol. The van der Waals surface area contributed by atoms with Crippen LogP contribution in [0.15, 0.2) is 48.7 Å². The highest BCUT2D eigenvalue weighted by Gasteiger charge is 2.07. The summed E-state index contributed by atoms with van der Waals surface area (Å²) in [4.78, 5) is 2.13. The quantitative estimate of drug-likeness (QED) is 0.699. The lowest BCUT2D eigenvalue weighted by molar-refractivity contribution is 0.958. The van der Waals surface area contributed by atoms with Crippen molar-refractivity contribution in [1.29, 1.82) is 0 Å². The number of aromatic nitrogens is 1. The van der Waals surface area contributed by atoms with Crippen molar-refractivity contribution in [1.82, 2.24) is 4.57 Å². The van der Waals surface area contributed by atoms with Gasteiger partial charge in [0, 0.05) is 43.9 Å². The molecule has 0 radical (unpaired) electrons. The summed E-state index contributed by atoms with van der Waals surface area (Å²) in [6.07, 6.45) is 3.23. The molecule has 0 aliphatic carbocycles. The zero-order valence-corrected chi connectivity index (χ0v) is 13.2. The van der Waals surface area contributed by atoms with Crippen molar-refractivity contribution in [3.8, 4) is 0 Å². The van der Waals surface area contributed by atoms with Crippen LogP contribution in [0.3, 0.4) is 0 Å². The zero-order valence-electron chi connectivity index (χ0n) is 13.2. The highest BCUT2D eigenvalue weighted by atomic mass is 15.1. The van der Waals surface area contributed by atoms with Gasteiger partial charge in [-0.25, -0.2) is 0 Å². The first-order chi connectivity index (χ1) is 10.0. The first-order valence-electron chi connectivity index (χ1n) is 7.35. The largest absolute Gasteiger partial charge is 0.378 e. The topological polar surface area (TPSA) is 8.17 Å². The van der Waals surface area contributed by atoms with E-state index in [1.54, 1.807) is 0 Å². The summed E-state index contributed by atoms with van der Waals surface area (Å²) in [5.41, 5.74) is 6.62. The summed E-state index contributed by atoms with van der Waals surface area (Å²) in [6, 6.07) is 15.5. The van der Waals surface area contributed by atoms with E-state index >= 15 is 0 Å². The molecule has 0 spiro atoms. The smallest absolute Gasteiger partial charge is 0.0480 e. The monoisotopic (exact) mass is 278 g/mol. The lowest BCUT2D eigenvalue weighted by Crippen LogP contribution is -2.08. The Balaban J connectivity index is 1.96. The standard InChI is InChI=1S/C19H22N2/c1-14-5-10-19-18(11-14)16(13-21(19)4)12-15-6-8-17(9-7-15)20(2)3/h5-11,13H,12H2,1-4H3. The van der Waals surface area contributed by atoms with Gasteiger partial charge in [0.15, 0.2) is 0 Å². The van der Waals surface area contributed by atoms with E-state index in [-0.39, 0.29) is 0 Å². The summed E-state index contributed by atoms with van der Waals surface area (Å²) in [7, 11) is 6.27. The van der Waals surface area contributed by atoms with E-state index in [0.29, 0.717) is 0 Å². The Morgan fingerprint density at radius 3 is 2.38 bits per heavy atom. The Bertz CT molecular complexity index is 764. The van der Waals surface area contributed by atoms with Crippen LogP contribution in [0.4, 0.5) is 5.69 Å². The van der Waals surface area contributed by atoms with Gasteiger partial charge in [0.2, 0.25) is 0 Å². The fourth-order valence-electron chi connectivity index (χ4n) is 2.86. The fraction of sp³-hybridized carbons (Fsp3) is 0.263. The van der Waals surface area contributed by atoms with Crippen molar-refractivity contribution in [2.45, 2.75) is 13.3 Å². The van der Waals surface area contributed by atoms with Crippen LogP contribution in [0.1, 0.15) is 16.7 Å². The third-order valence-electron chi connectivity index (χ3n) is 4.07. The number of benzene rings is 2. The number of hydrogen-bond acceptors (Lipinski definition) is 1. The van der Waals surface area contributed by atoms with E-state index in [4.69, 9.17) is 0 Å². The van der Waals surface area contributed by atoms with Crippen LogP contribution in [0.2, 0.25) is 0 Å². The van der Waals surface area contributed by atoms with Crippen LogP contribution >= 0.6 is 0 Å². The third-order valence-corrected chi connectivity index (χ3v) is 4.07. The van der Waals surface area contributed by atoms with Gasteiger partial charge in [0.25, 0.3) is 0 Å². The summed E-state index contributed by atoms with van der Waals surface area (Å²) < 4.78 is 2.22. The maximum absolute atomic E-state index is 2.29. The van der Waals surface area contributed by atoms with E-state index in [1.807, 2.05) is 0 Å². The van der Waals surface area contributed by atoms with E-state index in [1.165, 1.54) is 33.3 Å². The highest BCUT2D eigenvalue weighted by Crippen LogP contribution is 2.25. The third kappa shape index (κ3) is 2.66. The van der Waals surface area contributed by atoms with Gasteiger partial charge in [-0.1, -0.05) is 23.8 Å². The number of anilines is 1. The summed E-state index contributed by atoms with van der Waals surface area (Å²) in [5.74, 6) is 0. The van der Waals surface area contributed by atoms with Crippen LogP contribution < -0.4 is 4.90 Å².